The van der Waals surface area contributed by atoms with Crippen LogP contribution in [0.2, 0.25) is 0 Å². The minimum atomic E-state index is -4.44. The van der Waals surface area contributed by atoms with Gasteiger partial charge >= 0.3 is 6.18 Å². The first-order valence-electron chi connectivity index (χ1n) is 6.18. The maximum Gasteiger partial charge on any atom is 0.422 e. The Kier molecular flexibility index (Phi) is 4.64. The quantitative estimate of drug-likeness (QED) is 0.913. The average Bonchev–Trinajstić information content (AvgIpc) is 2.45. The van der Waals surface area contributed by atoms with Crippen LogP contribution in [-0.4, -0.2) is 28.0 Å². The van der Waals surface area contributed by atoms with Crippen LogP contribution in [0, 0.1) is 6.92 Å². The Balaban J connectivity index is 1.96. The Labute approximate surface area is 122 Å². The van der Waals surface area contributed by atoms with Crippen molar-refractivity contribution in [2.75, 3.05) is 6.61 Å². The fourth-order valence-electron chi connectivity index (χ4n) is 1.55. The van der Waals surface area contributed by atoms with E-state index < -0.39 is 12.8 Å². The molecule has 0 atom stereocenters. The molecule has 0 aliphatic heterocycles. The molecule has 0 saturated carbocycles. The van der Waals surface area contributed by atoms with E-state index in [0.717, 1.165) is 0 Å². The number of pyridine rings is 1. The van der Waals surface area contributed by atoms with Crippen molar-refractivity contribution in [3.8, 4) is 11.6 Å². The van der Waals surface area contributed by atoms with Crippen molar-refractivity contribution >= 4 is 0 Å². The van der Waals surface area contributed by atoms with Crippen LogP contribution < -0.4 is 14.9 Å². The minimum absolute atomic E-state index is 0.0412. The molecule has 9 heteroatoms. The van der Waals surface area contributed by atoms with Gasteiger partial charge in [0.1, 0.15) is 12.3 Å². The third-order valence-corrected chi connectivity index (χ3v) is 2.54. The highest BCUT2D eigenvalue weighted by atomic mass is 19.4. The molecule has 0 aliphatic carbocycles. The molecule has 0 aliphatic rings. The van der Waals surface area contributed by atoms with Crippen molar-refractivity contribution in [3.05, 3.63) is 46.0 Å². The summed E-state index contributed by atoms with van der Waals surface area (Å²) < 4.78 is 45.7. The molecule has 0 aromatic carbocycles. The third kappa shape index (κ3) is 4.47. The summed E-state index contributed by atoms with van der Waals surface area (Å²) in [4.78, 5) is 14.4. The van der Waals surface area contributed by atoms with E-state index in [0.29, 0.717) is 11.4 Å². The van der Waals surface area contributed by atoms with Crippen molar-refractivity contribution in [1.29, 1.82) is 0 Å². The van der Waals surface area contributed by atoms with Crippen LogP contribution in [0.1, 0.15) is 11.4 Å². The van der Waals surface area contributed by atoms with Gasteiger partial charge in [-0.05, 0) is 13.0 Å². The summed E-state index contributed by atoms with van der Waals surface area (Å²) >= 11 is 0. The van der Waals surface area contributed by atoms with Gasteiger partial charge in [0.25, 0.3) is 0 Å². The summed E-state index contributed by atoms with van der Waals surface area (Å²) in [5.74, 6) is -0.0866. The van der Waals surface area contributed by atoms with Gasteiger partial charge in [-0.1, -0.05) is 0 Å². The number of aromatic amines is 1. The highest BCUT2D eigenvalue weighted by Crippen LogP contribution is 2.16. The van der Waals surface area contributed by atoms with Gasteiger partial charge in [0.15, 0.2) is 12.4 Å². The predicted octanol–water partition coefficient (Wildman–Crippen LogP) is 1.99. The number of halogens is 3. The number of H-pyrrole nitrogens is 1. The lowest BCUT2D eigenvalue weighted by Crippen LogP contribution is -2.19. The maximum atomic E-state index is 12.0. The lowest BCUT2D eigenvalue weighted by Gasteiger charge is -2.09. The zero-order chi connectivity index (χ0) is 16.2. The average molecular weight is 315 g/mol. The third-order valence-electron chi connectivity index (χ3n) is 2.54. The second-order valence-corrected chi connectivity index (χ2v) is 4.35. The summed E-state index contributed by atoms with van der Waals surface area (Å²) in [5.41, 5.74) is 0.627. The van der Waals surface area contributed by atoms with Gasteiger partial charge in [0.2, 0.25) is 11.3 Å². The summed E-state index contributed by atoms with van der Waals surface area (Å²) in [7, 11) is 0. The highest BCUT2D eigenvalue weighted by Gasteiger charge is 2.28. The number of aryl methyl sites for hydroxylation is 1. The highest BCUT2D eigenvalue weighted by molar-refractivity contribution is 5.26. The first kappa shape index (κ1) is 15.8. The first-order valence-corrected chi connectivity index (χ1v) is 6.18. The van der Waals surface area contributed by atoms with E-state index in [1.807, 2.05) is 0 Å². The second kappa shape index (κ2) is 6.46. The summed E-state index contributed by atoms with van der Waals surface area (Å²) in [6.07, 6.45) is -2.94. The summed E-state index contributed by atoms with van der Waals surface area (Å²) in [6, 6.07) is 3.98. The van der Waals surface area contributed by atoms with Crippen molar-refractivity contribution < 1.29 is 22.6 Å². The molecule has 6 nitrogen and oxygen atoms in total. The molecule has 22 heavy (non-hydrogen) atoms. The topological polar surface area (TPSA) is 77.1 Å². The van der Waals surface area contributed by atoms with Gasteiger partial charge < -0.3 is 14.5 Å². The summed E-state index contributed by atoms with van der Waals surface area (Å²) in [5, 5.41) is 7.17. The first-order chi connectivity index (χ1) is 10.3. The van der Waals surface area contributed by atoms with Crippen LogP contribution in [0.5, 0.6) is 11.6 Å². The van der Waals surface area contributed by atoms with Gasteiger partial charge in [-0.3, -0.25) is 4.79 Å². The second-order valence-electron chi connectivity index (χ2n) is 4.35. The van der Waals surface area contributed by atoms with Crippen LogP contribution in [-0.2, 0) is 6.61 Å². The van der Waals surface area contributed by atoms with E-state index in [1.54, 1.807) is 6.92 Å². The van der Waals surface area contributed by atoms with Crippen LogP contribution >= 0.6 is 0 Å². The zero-order valence-corrected chi connectivity index (χ0v) is 11.5. The minimum Gasteiger partial charge on any atom is -0.481 e. The molecule has 0 bridgehead atoms. The molecule has 0 fully saturated rings. The molecule has 1 N–H and O–H groups in total. The number of alkyl halides is 3. The van der Waals surface area contributed by atoms with Gasteiger partial charge in [-0.15, -0.1) is 10.2 Å². The number of hydrogen-bond acceptors (Lipinski definition) is 5. The molecule has 2 rings (SSSR count). The van der Waals surface area contributed by atoms with E-state index >= 15 is 0 Å². The predicted molar refractivity (Wildman–Crippen MR) is 69.7 cm³/mol. The Morgan fingerprint density at radius 3 is 2.55 bits per heavy atom. The van der Waals surface area contributed by atoms with Gasteiger partial charge in [-0.2, -0.15) is 13.2 Å². The lowest BCUT2D eigenvalue weighted by molar-refractivity contribution is -0.154. The van der Waals surface area contributed by atoms with Crippen LogP contribution in [0.15, 0.2) is 29.2 Å². The lowest BCUT2D eigenvalue weighted by atomic mass is 10.3. The number of aromatic nitrogens is 3. The molecule has 2 heterocycles. The van der Waals surface area contributed by atoms with E-state index in [1.165, 1.54) is 24.4 Å². The maximum absolute atomic E-state index is 12.0. The molecule has 0 amide bonds. The van der Waals surface area contributed by atoms with Gasteiger partial charge in [0, 0.05) is 18.3 Å². The molecule has 2 aromatic rings. The molecule has 0 saturated heterocycles. The van der Waals surface area contributed by atoms with E-state index in [-0.39, 0.29) is 23.7 Å². The molecule has 0 spiro atoms. The Hall–Kier alpha value is -2.58. The monoisotopic (exact) mass is 315 g/mol. The molecule has 0 radical (unpaired) electrons. The molecule has 0 unspecified atom stereocenters. The van der Waals surface area contributed by atoms with Crippen molar-refractivity contribution in [2.45, 2.75) is 19.7 Å². The standard InChI is InChI=1S/C13H12F3N3O3/c1-8-12(10(20)4-5-17-8)21-6-9-2-3-11(19-18-9)22-7-13(14,15)16/h2-5H,6-7H2,1H3,(H,17,20). The zero-order valence-electron chi connectivity index (χ0n) is 11.5. The molecule has 118 valence electrons. The Morgan fingerprint density at radius 1 is 1.18 bits per heavy atom. The van der Waals surface area contributed by atoms with Crippen LogP contribution in [0.25, 0.3) is 0 Å². The van der Waals surface area contributed by atoms with Crippen LogP contribution in [0.3, 0.4) is 0 Å². The van der Waals surface area contributed by atoms with Gasteiger partial charge in [-0.25, -0.2) is 0 Å². The number of nitrogens with zero attached hydrogens (tertiary/aromatic N) is 2. The van der Waals surface area contributed by atoms with E-state index in [4.69, 9.17) is 4.74 Å². The van der Waals surface area contributed by atoms with E-state index in [2.05, 4.69) is 19.9 Å². The fourth-order valence-corrected chi connectivity index (χ4v) is 1.55. The largest absolute Gasteiger partial charge is 0.481 e. The summed E-state index contributed by atoms with van der Waals surface area (Å²) in [6.45, 7) is 0.201. The van der Waals surface area contributed by atoms with Gasteiger partial charge in [0.05, 0.1) is 5.69 Å². The Bertz CT molecular complexity index is 683. The van der Waals surface area contributed by atoms with Crippen molar-refractivity contribution in [1.82, 2.24) is 15.2 Å². The number of rotatable bonds is 5. The van der Waals surface area contributed by atoms with E-state index in [9.17, 15) is 18.0 Å². The molecule has 2 aromatic heterocycles. The molecular weight excluding hydrogens is 303 g/mol. The SMILES string of the molecule is Cc1[nH]ccc(=O)c1OCc1ccc(OCC(F)(F)F)nn1. The normalized spacial score (nSPS) is 11.3. The molecular formula is C13H12F3N3O3. The number of nitrogens with one attached hydrogen (secondary N) is 1. The fraction of sp³-hybridized carbons (Fsp3) is 0.308. The smallest absolute Gasteiger partial charge is 0.422 e. The van der Waals surface area contributed by atoms with Crippen molar-refractivity contribution in [2.24, 2.45) is 0 Å². The number of ether oxygens (including phenoxy) is 2. The van der Waals surface area contributed by atoms with Crippen LogP contribution in [0.4, 0.5) is 13.2 Å². The van der Waals surface area contributed by atoms with Crippen molar-refractivity contribution in [3.63, 3.8) is 0 Å². The number of hydrogen-bond donors (Lipinski definition) is 1. The Morgan fingerprint density at radius 2 is 1.95 bits per heavy atom.